The predicted octanol–water partition coefficient (Wildman–Crippen LogP) is 2.34. The molecule has 0 radical (unpaired) electrons. The van der Waals surface area contributed by atoms with E-state index in [9.17, 15) is 0 Å². The van der Waals surface area contributed by atoms with Gasteiger partial charge in [0.15, 0.2) is 0 Å². The average molecular weight is 150 g/mol. The van der Waals surface area contributed by atoms with Crippen molar-refractivity contribution in [2.24, 2.45) is 0 Å². The maximum Gasteiger partial charge on any atom is 0 e. The first kappa shape index (κ1) is 7.62. The minimum atomic E-state index is 0. The minimum absolute atomic E-state index is 0. The molecule has 0 aromatic carbocycles. The van der Waals surface area contributed by atoms with E-state index in [0.717, 1.165) is 0 Å². The van der Waals surface area contributed by atoms with Gasteiger partial charge in [-0.2, -0.15) is 0 Å². The summed E-state index contributed by atoms with van der Waals surface area (Å²) in [5.74, 6) is 0. The molecule has 7 heavy (non-hydrogen) atoms. The first-order chi connectivity index (χ1) is 3.00. The topological polar surface area (TPSA) is 0 Å². The summed E-state index contributed by atoms with van der Waals surface area (Å²) in [6.45, 7) is 0. The number of rotatable bonds is 0. The van der Waals surface area contributed by atoms with Crippen molar-refractivity contribution >= 4 is 0 Å². The van der Waals surface area contributed by atoms with E-state index in [2.05, 4.69) is 0 Å². The van der Waals surface area contributed by atoms with Crippen molar-refractivity contribution in [3.63, 3.8) is 0 Å². The van der Waals surface area contributed by atoms with Gasteiger partial charge in [-0.3, -0.25) is 0 Å². The molecule has 0 aliphatic heterocycles. The maximum absolute atomic E-state index is 1.50. The van der Waals surface area contributed by atoms with Gasteiger partial charge in [-0.1, -0.05) is 38.5 Å². The van der Waals surface area contributed by atoms with Gasteiger partial charge in [-0.25, -0.2) is 0 Å². The molecule has 0 atom stereocenters. The molecule has 1 aliphatic rings. The fourth-order valence-electron chi connectivity index (χ4n) is 1.06. The first-order valence-electron chi connectivity index (χ1n) is 3.00. The molecular formula is C6H12Zn. The third-order valence-electron chi connectivity index (χ3n) is 1.50. The van der Waals surface area contributed by atoms with Gasteiger partial charge in [0, 0.05) is 19.5 Å². The minimum Gasteiger partial charge on any atom is -0.0533 e. The molecule has 0 aromatic rings. The Kier molecular flexibility index (Phi) is 5.20. The molecule has 0 bridgehead atoms. The van der Waals surface area contributed by atoms with E-state index >= 15 is 0 Å². The van der Waals surface area contributed by atoms with Crippen LogP contribution in [0.4, 0.5) is 0 Å². The summed E-state index contributed by atoms with van der Waals surface area (Å²) in [5.41, 5.74) is 0. The van der Waals surface area contributed by atoms with Crippen LogP contribution in [0.25, 0.3) is 0 Å². The molecule has 0 spiro atoms. The molecule has 0 N–H and O–H groups in total. The maximum atomic E-state index is 1.50. The molecular weight excluding hydrogens is 137 g/mol. The third kappa shape index (κ3) is 3.23. The van der Waals surface area contributed by atoms with Gasteiger partial charge in [0.05, 0.1) is 0 Å². The standard InChI is InChI=1S/C6H12.Zn/c1-2-4-6-5-3-1;/h1-6H2;. The molecule has 0 amide bonds. The van der Waals surface area contributed by atoms with Gasteiger partial charge < -0.3 is 0 Å². The van der Waals surface area contributed by atoms with Gasteiger partial charge in [0.1, 0.15) is 0 Å². The predicted molar refractivity (Wildman–Crippen MR) is 27.7 cm³/mol. The van der Waals surface area contributed by atoms with Crippen LogP contribution in [0.2, 0.25) is 0 Å². The van der Waals surface area contributed by atoms with Crippen LogP contribution in [0.1, 0.15) is 38.5 Å². The molecule has 0 aromatic heterocycles. The van der Waals surface area contributed by atoms with Gasteiger partial charge >= 0.3 is 0 Å². The van der Waals surface area contributed by atoms with Crippen molar-refractivity contribution in [2.75, 3.05) is 0 Å². The smallest absolute Gasteiger partial charge is 0 e. The van der Waals surface area contributed by atoms with Crippen molar-refractivity contribution in [3.05, 3.63) is 0 Å². The van der Waals surface area contributed by atoms with Gasteiger partial charge in [0.25, 0.3) is 0 Å². The summed E-state index contributed by atoms with van der Waals surface area (Å²) in [6, 6.07) is 0. The molecule has 1 aliphatic carbocycles. The van der Waals surface area contributed by atoms with Crippen molar-refractivity contribution in [2.45, 2.75) is 38.5 Å². The van der Waals surface area contributed by atoms with Crippen LogP contribution in [0.15, 0.2) is 0 Å². The largest absolute Gasteiger partial charge is 0.0533 e. The molecule has 0 saturated heterocycles. The first-order valence-corrected chi connectivity index (χ1v) is 3.00. The van der Waals surface area contributed by atoms with Crippen LogP contribution in [-0.4, -0.2) is 0 Å². The van der Waals surface area contributed by atoms with Gasteiger partial charge in [-0.15, -0.1) is 0 Å². The van der Waals surface area contributed by atoms with Crippen molar-refractivity contribution < 1.29 is 19.5 Å². The quantitative estimate of drug-likeness (QED) is 0.464. The summed E-state index contributed by atoms with van der Waals surface area (Å²) < 4.78 is 0. The van der Waals surface area contributed by atoms with E-state index in [1.54, 1.807) is 0 Å². The summed E-state index contributed by atoms with van der Waals surface area (Å²) in [4.78, 5) is 0. The Balaban J connectivity index is 0.000000360. The van der Waals surface area contributed by atoms with Crippen LogP contribution >= 0.6 is 0 Å². The Hall–Kier alpha value is 0.623. The summed E-state index contributed by atoms with van der Waals surface area (Å²) in [5, 5.41) is 0. The molecule has 0 heterocycles. The summed E-state index contributed by atoms with van der Waals surface area (Å²) in [6.07, 6.45) is 9.00. The zero-order valence-electron chi connectivity index (χ0n) is 4.95. The molecule has 0 unspecified atom stereocenters. The zero-order chi connectivity index (χ0) is 4.24. The van der Waals surface area contributed by atoms with Gasteiger partial charge in [-0.05, 0) is 0 Å². The number of hydrogen-bond donors (Lipinski definition) is 0. The van der Waals surface area contributed by atoms with E-state index < -0.39 is 0 Å². The van der Waals surface area contributed by atoms with E-state index in [4.69, 9.17) is 0 Å². The van der Waals surface area contributed by atoms with E-state index in [1.165, 1.54) is 38.5 Å². The zero-order valence-corrected chi connectivity index (χ0v) is 7.92. The van der Waals surface area contributed by atoms with Crippen molar-refractivity contribution in [1.82, 2.24) is 0 Å². The summed E-state index contributed by atoms with van der Waals surface area (Å²) >= 11 is 0. The molecule has 1 fully saturated rings. The Morgan fingerprint density at radius 1 is 0.429 bits per heavy atom. The Labute approximate surface area is 58.4 Å². The van der Waals surface area contributed by atoms with Crippen LogP contribution in [0.5, 0.6) is 0 Å². The van der Waals surface area contributed by atoms with Crippen LogP contribution < -0.4 is 0 Å². The SMILES string of the molecule is C1CCCCC1.[Zn]. The fraction of sp³-hybridized carbons (Fsp3) is 1.00. The fourth-order valence-corrected chi connectivity index (χ4v) is 1.06. The second-order valence-electron chi connectivity index (χ2n) is 2.12. The van der Waals surface area contributed by atoms with Crippen LogP contribution in [0, 0.1) is 0 Å². The second-order valence-corrected chi connectivity index (χ2v) is 2.12. The number of hydrogen-bond acceptors (Lipinski definition) is 0. The Morgan fingerprint density at radius 3 is 0.714 bits per heavy atom. The van der Waals surface area contributed by atoms with Crippen LogP contribution in [0.3, 0.4) is 0 Å². The molecule has 1 saturated carbocycles. The normalized spacial score (nSPS) is 20.6. The molecule has 1 heteroatoms. The Bertz CT molecular complexity index is 19.7. The van der Waals surface area contributed by atoms with E-state index in [0.29, 0.717) is 0 Å². The van der Waals surface area contributed by atoms with E-state index in [1.807, 2.05) is 0 Å². The third-order valence-corrected chi connectivity index (χ3v) is 1.50. The van der Waals surface area contributed by atoms with E-state index in [-0.39, 0.29) is 19.5 Å². The summed E-state index contributed by atoms with van der Waals surface area (Å²) in [7, 11) is 0. The molecule has 38 valence electrons. The van der Waals surface area contributed by atoms with Crippen LogP contribution in [-0.2, 0) is 19.5 Å². The second kappa shape index (κ2) is 4.77. The Morgan fingerprint density at radius 2 is 0.571 bits per heavy atom. The molecule has 0 nitrogen and oxygen atoms in total. The van der Waals surface area contributed by atoms with Crippen molar-refractivity contribution in [1.29, 1.82) is 0 Å². The van der Waals surface area contributed by atoms with Crippen molar-refractivity contribution in [3.8, 4) is 0 Å². The monoisotopic (exact) mass is 148 g/mol. The van der Waals surface area contributed by atoms with Gasteiger partial charge in [0.2, 0.25) is 0 Å². The molecule has 1 rings (SSSR count). The average Bonchev–Trinajstić information content (AvgIpc) is 1.72.